The van der Waals surface area contributed by atoms with E-state index >= 15 is 0 Å². The maximum Gasteiger partial charge on any atom is 0.416 e. The molecule has 0 N–H and O–H groups in total. The standard InChI is InChI=1S/C19H13F3N4OS2/c20-19(21,22)14-6-9-16-17(11-14)26(25-24-16)27-12-13-4-7-15(8-5-13)28-29-18-3-1-2-10-23-18/h1-11H,12H2. The summed E-state index contributed by atoms with van der Waals surface area (Å²) in [5.74, 6) is 0. The first-order valence-electron chi connectivity index (χ1n) is 8.39. The monoisotopic (exact) mass is 434 g/mol. The van der Waals surface area contributed by atoms with Gasteiger partial charge in [-0.15, -0.1) is 5.10 Å². The summed E-state index contributed by atoms with van der Waals surface area (Å²) < 4.78 is 38.7. The lowest BCUT2D eigenvalue weighted by molar-refractivity contribution is -0.137. The molecule has 4 rings (SSSR count). The molecule has 0 fully saturated rings. The van der Waals surface area contributed by atoms with Crippen LogP contribution in [0.2, 0.25) is 0 Å². The van der Waals surface area contributed by atoms with Crippen molar-refractivity contribution in [2.24, 2.45) is 0 Å². The van der Waals surface area contributed by atoms with Gasteiger partial charge in [0.2, 0.25) is 0 Å². The number of aromatic nitrogens is 4. The number of hydrogen-bond acceptors (Lipinski definition) is 6. The fourth-order valence-corrected chi connectivity index (χ4v) is 4.27. The molecule has 2 heterocycles. The Hall–Kier alpha value is -2.72. The van der Waals surface area contributed by atoms with E-state index in [-0.39, 0.29) is 12.1 Å². The predicted octanol–water partition coefficient (Wildman–Crippen LogP) is 5.27. The maximum atomic E-state index is 12.9. The van der Waals surface area contributed by atoms with E-state index in [1.54, 1.807) is 27.8 Å². The number of nitrogens with zero attached hydrogens (tertiary/aromatic N) is 4. The molecule has 0 aliphatic carbocycles. The minimum atomic E-state index is -4.44. The molecular weight excluding hydrogens is 421 g/mol. The molecule has 2 aromatic carbocycles. The van der Waals surface area contributed by atoms with Crippen LogP contribution in [0.1, 0.15) is 11.1 Å². The topological polar surface area (TPSA) is 52.8 Å². The van der Waals surface area contributed by atoms with Gasteiger partial charge in [0.15, 0.2) is 0 Å². The van der Waals surface area contributed by atoms with Crippen molar-refractivity contribution in [1.29, 1.82) is 0 Å². The van der Waals surface area contributed by atoms with Gasteiger partial charge in [-0.2, -0.15) is 13.2 Å². The van der Waals surface area contributed by atoms with Crippen LogP contribution in [0.3, 0.4) is 0 Å². The average molecular weight is 434 g/mol. The highest BCUT2D eigenvalue weighted by atomic mass is 33.1. The normalized spacial score (nSPS) is 11.7. The number of halogens is 3. The zero-order chi connectivity index (χ0) is 20.3. The Bertz CT molecular complexity index is 1100. The summed E-state index contributed by atoms with van der Waals surface area (Å²) in [6, 6.07) is 16.6. The zero-order valence-corrected chi connectivity index (χ0v) is 16.3. The fraction of sp³-hybridized carbons (Fsp3) is 0.105. The molecule has 5 nitrogen and oxygen atoms in total. The van der Waals surface area contributed by atoms with E-state index in [1.165, 1.54) is 6.07 Å². The SMILES string of the molecule is FC(F)(F)c1ccc2nnn(OCc3ccc(SSc4ccccn4)cc3)c2c1. The lowest BCUT2D eigenvalue weighted by Crippen LogP contribution is -2.13. The fourth-order valence-electron chi connectivity index (χ4n) is 2.43. The van der Waals surface area contributed by atoms with Crippen molar-refractivity contribution in [2.75, 3.05) is 0 Å². The van der Waals surface area contributed by atoms with Crippen LogP contribution in [0.4, 0.5) is 13.2 Å². The van der Waals surface area contributed by atoms with Gasteiger partial charge in [0.05, 0.1) is 5.56 Å². The molecule has 0 bridgehead atoms. The number of benzene rings is 2. The van der Waals surface area contributed by atoms with Gasteiger partial charge in [-0.05, 0) is 64.0 Å². The summed E-state index contributed by atoms with van der Waals surface area (Å²) in [4.78, 5) is 11.9. The van der Waals surface area contributed by atoms with Gasteiger partial charge >= 0.3 is 6.18 Å². The van der Waals surface area contributed by atoms with E-state index in [9.17, 15) is 13.2 Å². The van der Waals surface area contributed by atoms with Gasteiger partial charge in [0.25, 0.3) is 0 Å². The summed E-state index contributed by atoms with van der Waals surface area (Å²) in [7, 11) is 3.14. The smallest absolute Gasteiger partial charge is 0.390 e. The highest BCUT2D eigenvalue weighted by Crippen LogP contribution is 2.36. The molecule has 0 atom stereocenters. The van der Waals surface area contributed by atoms with Gasteiger partial charge in [0, 0.05) is 11.1 Å². The van der Waals surface area contributed by atoms with Crippen LogP contribution in [0.25, 0.3) is 11.0 Å². The van der Waals surface area contributed by atoms with E-state index < -0.39 is 11.7 Å². The van der Waals surface area contributed by atoms with E-state index in [4.69, 9.17) is 4.84 Å². The Morgan fingerprint density at radius 3 is 2.52 bits per heavy atom. The molecule has 10 heteroatoms. The number of pyridine rings is 1. The highest BCUT2D eigenvalue weighted by Gasteiger charge is 2.31. The third-order valence-electron chi connectivity index (χ3n) is 3.88. The summed E-state index contributed by atoms with van der Waals surface area (Å²) in [6.07, 6.45) is -2.70. The van der Waals surface area contributed by atoms with E-state index in [0.29, 0.717) is 5.52 Å². The van der Waals surface area contributed by atoms with Crippen LogP contribution in [-0.4, -0.2) is 20.1 Å². The van der Waals surface area contributed by atoms with Crippen LogP contribution in [0, 0.1) is 0 Å². The van der Waals surface area contributed by atoms with Crippen LogP contribution in [0.15, 0.2) is 76.8 Å². The second-order valence-electron chi connectivity index (χ2n) is 5.92. The van der Waals surface area contributed by atoms with Gasteiger partial charge in [-0.25, -0.2) is 4.98 Å². The van der Waals surface area contributed by atoms with Crippen molar-refractivity contribution in [3.8, 4) is 0 Å². The van der Waals surface area contributed by atoms with E-state index in [2.05, 4.69) is 15.3 Å². The lowest BCUT2D eigenvalue weighted by Gasteiger charge is -2.08. The number of alkyl halides is 3. The molecule has 148 valence electrons. The van der Waals surface area contributed by atoms with Gasteiger partial charge in [0.1, 0.15) is 22.7 Å². The minimum absolute atomic E-state index is 0.146. The van der Waals surface area contributed by atoms with Crippen molar-refractivity contribution in [1.82, 2.24) is 20.1 Å². The molecule has 0 amide bonds. The first-order chi connectivity index (χ1) is 14.0. The first-order valence-corrected chi connectivity index (χ1v) is 10.5. The third-order valence-corrected chi connectivity index (χ3v) is 6.18. The third kappa shape index (κ3) is 4.83. The highest BCUT2D eigenvalue weighted by molar-refractivity contribution is 8.76. The van der Waals surface area contributed by atoms with E-state index in [1.807, 2.05) is 42.5 Å². The summed E-state index contributed by atoms with van der Waals surface area (Å²) in [6.45, 7) is 0.146. The van der Waals surface area contributed by atoms with Crippen molar-refractivity contribution in [3.05, 3.63) is 78.0 Å². The molecule has 0 saturated heterocycles. The first kappa shape index (κ1) is 19.6. The zero-order valence-electron chi connectivity index (χ0n) is 14.7. The molecule has 0 aliphatic heterocycles. The molecular formula is C19H13F3N4OS2. The Balaban J connectivity index is 1.40. The molecule has 2 aromatic heterocycles. The van der Waals surface area contributed by atoms with Crippen molar-refractivity contribution >= 4 is 32.6 Å². The van der Waals surface area contributed by atoms with Crippen molar-refractivity contribution in [2.45, 2.75) is 22.7 Å². The van der Waals surface area contributed by atoms with Gasteiger partial charge < -0.3 is 4.84 Å². The maximum absolute atomic E-state index is 12.9. The summed E-state index contributed by atoms with van der Waals surface area (Å²) >= 11 is 0. The predicted molar refractivity (Wildman–Crippen MR) is 105 cm³/mol. The Labute approximate surface area is 171 Å². The second kappa shape index (κ2) is 8.34. The van der Waals surface area contributed by atoms with Crippen LogP contribution in [-0.2, 0) is 12.8 Å². The van der Waals surface area contributed by atoms with E-state index in [0.717, 1.165) is 32.5 Å². The molecule has 0 spiro atoms. The molecule has 0 unspecified atom stereocenters. The minimum Gasteiger partial charge on any atom is -0.390 e. The van der Waals surface area contributed by atoms with Crippen LogP contribution in [0.5, 0.6) is 0 Å². The Kier molecular flexibility index (Phi) is 5.63. The Morgan fingerprint density at radius 1 is 0.966 bits per heavy atom. The van der Waals surface area contributed by atoms with Crippen LogP contribution < -0.4 is 4.84 Å². The van der Waals surface area contributed by atoms with Crippen molar-refractivity contribution < 1.29 is 18.0 Å². The molecule has 0 aliphatic rings. The largest absolute Gasteiger partial charge is 0.416 e. The van der Waals surface area contributed by atoms with Crippen LogP contribution >= 0.6 is 21.6 Å². The van der Waals surface area contributed by atoms with Gasteiger partial charge in [-0.3, -0.25) is 0 Å². The average Bonchev–Trinajstić information content (AvgIpc) is 3.14. The summed E-state index contributed by atoms with van der Waals surface area (Å²) in [5, 5.41) is 8.52. The Morgan fingerprint density at radius 2 is 1.79 bits per heavy atom. The molecule has 29 heavy (non-hydrogen) atoms. The summed E-state index contributed by atoms with van der Waals surface area (Å²) in [5.41, 5.74) is 0.576. The molecule has 0 saturated carbocycles. The lowest BCUT2D eigenvalue weighted by atomic mass is 10.2. The van der Waals surface area contributed by atoms with Gasteiger partial charge in [-0.1, -0.05) is 33.8 Å². The quantitative estimate of drug-likeness (QED) is 0.385. The number of hydrogen-bond donors (Lipinski definition) is 0. The number of rotatable bonds is 6. The molecule has 0 radical (unpaired) electrons. The molecule has 4 aromatic rings. The number of fused-ring (bicyclic) bond motifs is 1. The second-order valence-corrected chi connectivity index (χ2v) is 8.14. The van der Waals surface area contributed by atoms with Crippen molar-refractivity contribution in [3.63, 3.8) is 0 Å².